The van der Waals surface area contributed by atoms with Crippen LogP contribution in [0.1, 0.15) is 0 Å². The first-order chi connectivity index (χ1) is 9.22. The number of hydrogen-bond donors (Lipinski definition) is 1. The van der Waals surface area contributed by atoms with Crippen LogP contribution in [0, 0.1) is 0 Å². The van der Waals surface area contributed by atoms with Crippen LogP contribution >= 0.6 is 27.3 Å². The highest BCUT2D eigenvalue weighted by atomic mass is 79.9. The highest BCUT2D eigenvalue weighted by Gasteiger charge is 2.06. The van der Waals surface area contributed by atoms with Gasteiger partial charge in [-0.15, -0.1) is 11.3 Å². The van der Waals surface area contributed by atoms with Crippen molar-refractivity contribution in [2.24, 2.45) is 0 Å². The third-order valence-corrected chi connectivity index (χ3v) is 4.22. The second-order valence-electron chi connectivity index (χ2n) is 4.17. The average Bonchev–Trinajstić information content (AvgIpc) is 2.90. The summed E-state index contributed by atoms with van der Waals surface area (Å²) in [5, 5.41) is 3.09. The van der Waals surface area contributed by atoms with Crippen LogP contribution in [-0.4, -0.2) is 4.98 Å². The predicted octanol–water partition coefficient (Wildman–Crippen LogP) is 4.82. The second-order valence-corrected chi connectivity index (χ2v) is 5.94. The normalized spacial score (nSPS) is 10.6. The second kappa shape index (κ2) is 5.15. The number of anilines is 1. The van der Waals surface area contributed by atoms with Crippen LogP contribution < -0.4 is 5.73 Å². The van der Waals surface area contributed by atoms with E-state index < -0.39 is 0 Å². The Morgan fingerprint density at radius 3 is 2.21 bits per heavy atom. The van der Waals surface area contributed by atoms with Gasteiger partial charge in [0.25, 0.3) is 0 Å². The summed E-state index contributed by atoms with van der Waals surface area (Å²) in [6, 6.07) is 16.0. The van der Waals surface area contributed by atoms with Gasteiger partial charge in [0.1, 0.15) is 5.01 Å². The van der Waals surface area contributed by atoms with Crippen LogP contribution in [0.4, 0.5) is 5.69 Å². The summed E-state index contributed by atoms with van der Waals surface area (Å²) in [6.45, 7) is 0. The van der Waals surface area contributed by atoms with E-state index in [4.69, 9.17) is 5.73 Å². The molecule has 0 amide bonds. The molecule has 3 rings (SSSR count). The minimum atomic E-state index is 0.772. The third-order valence-electron chi connectivity index (χ3n) is 2.80. The molecule has 0 aliphatic carbocycles. The molecule has 1 heterocycles. The quantitative estimate of drug-likeness (QED) is 0.684. The minimum Gasteiger partial charge on any atom is -0.399 e. The maximum absolute atomic E-state index is 5.69. The van der Waals surface area contributed by atoms with E-state index in [2.05, 4.69) is 38.4 Å². The van der Waals surface area contributed by atoms with Gasteiger partial charge in [-0.05, 0) is 36.4 Å². The third kappa shape index (κ3) is 2.69. The highest BCUT2D eigenvalue weighted by molar-refractivity contribution is 9.10. The Kier molecular flexibility index (Phi) is 3.36. The van der Waals surface area contributed by atoms with E-state index in [1.54, 1.807) is 11.3 Å². The lowest BCUT2D eigenvalue weighted by Crippen LogP contribution is -1.84. The summed E-state index contributed by atoms with van der Waals surface area (Å²) in [5.74, 6) is 0. The van der Waals surface area contributed by atoms with Crippen LogP contribution in [0.15, 0.2) is 58.4 Å². The Bertz CT molecular complexity index is 627. The molecule has 0 saturated heterocycles. The number of nitrogens with two attached hydrogens (primary N) is 1. The van der Waals surface area contributed by atoms with Gasteiger partial charge in [0.2, 0.25) is 0 Å². The Morgan fingerprint density at radius 2 is 1.53 bits per heavy atom. The van der Waals surface area contributed by atoms with Gasteiger partial charge in [-0.1, -0.05) is 28.1 Å². The van der Waals surface area contributed by atoms with Crippen molar-refractivity contribution < 1.29 is 0 Å². The van der Waals surface area contributed by atoms with Gasteiger partial charge in [-0.2, -0.15) is 0 Å². The number of aromatic nitrogens is 1. The molecule has 0 aliphatic heterocycles. The molecular weight excluding hydrogens is 320 g/mol. The molecule has 0 aliphatic rings. The van der Waals surface area contributed by atoms with Crippen molar-refractivity contribution in [1.82, 2.24) is 4.98 Å². The molecular formula is C15H11BrN2S. The Labute approximate surface area is 124 Å². The van der Waals surface area contributed by atoms with Crippen LogP contribution in [0.3, 0.4) is 0 Å². The van der Waals surface area contributed by atoms with E-state index in [-0.39, 0.29) is 0 Å². The molecule has 0 radical (unpaired) electrons. The van der Waals surface area contributed by atoms with Crippen molar-refractivity contribution in [3.63, 3.8) is 0 Å². The van der Waals surface area contributed by atoms with Crippen molar-refractivity contribution in [3.05, 3.63) is 58.4 Å². The number of nitrogens with zero attached hydrogens (tertiary/aromatic N) is 1. The van der Waals surface area contributed by atoms with Crippen molar-refractivity contribution in [2.45, 2.75) is 0 Å². The lowest BCUT2D eigenvalue weighted by molar-refractivity contribution is 1.40. The standard InChI is InChI=1S/C15H11BrN2S/c16-12-5-1-10(2-6-12)14-9-19-15(18-14)11-3-7-13(17)8-4-11/h1-9H,17H2. The van der Waals surface area contributed by atoms with Crippen LogP contribution in [0.2, 0.25) is 0 Å². The van der Waals surface area contributed by atoms with Crippen LogP contribution in [-0.2, 0) is 0 Å². The number of benzene rings is 2. The van der Waals surface area contributed by atoms with Gasteiger partial charge in [0, 0.05) is 26.7 Å². The molecule has 0 unspecified atom stereocenters. The fourth-order valence-corrected chi connectivity index (χ4v) is 2.88. The summed E-state index contributed by atoms with van der Waals surface area (Å²) in [7, 11) is 0. The van der Waals surface area contributed by atoms with Crippen LogP contribution in [0.25, 0.3) is 21.8 Å². The van der Waals surface area contributed by atoms with Crippen molar-refractivity contribution in [1.29, 1.82) is 0 Å². The molecule has 0 fully saturated rings. The molecule has 0 bridgehead atoms. The molecule has 94 valence electrons. The highest BCUT2D eigenvalue weighted by Crippen LogP contribution is 2.29. The molecule has 2 N–H and O–H groups in total. The number of rotatable bonds is 2. The predicted molar refractivity (Wildman–Crippen MR) is 85.1 cm³/mol. The summed E-state index contributed by atoms with van der Waals surface area (Å²) in [6.07, 6.45) is 0. The molecule has 1 aromatic heterocycles. The number of nitrogen functional groups attached to an aromatic ring is 1. The van der Waals surface area contributed by atoms with Gasteiger partial charge in [-0.3, -0.25) is 0 Å². The van der Waals surface area contributed by atoms with Gasteiger partial charge >= 0.3 is 0 Å². The number of halogens is 1. The van der Waals surface area contributed by atoms with Gasteiger partial charge in [0.05, 0.1) is 5.69 Å². The number of thiazole rings is 1. The lowest BCUT2D eigenvalue weighted by atomic mass is 10.2. The lowest BCUT2D eigenvalue weighted by Gasteiger charge is -1.98. The van der Waals surface area contributed by atoms with Crippen LogP contribution in [0.5, 0.6) is 0 Å². The Hall–Kier alpha value is -1.65. The zero-order valence-electron chi connectivity index (χ0n) is 10.0. The fourth-order valence-electron chi connectivity index (χ4n) is 1.79. The van der Waals surface area contributed by atoms with E-state index in [0.29, 0.717) is 0 Å². The Balaban J connectivity index is 1.95. The van der Waals surface area contributed by atoms with Crippen molar-refractivity contribution in [2.75, 3.05) is 5.73 Å². The fraction of sp³-hybridized carbons (Fsp3) is 0. The largest absolute Gasteiger partial charge is 0.399 e. The van der Waals surface area contributed by atoms with Gasteiger partial charge in [-0.25, -0.2) is 4.98 Å². The van der Waals surface area contributed by atoms with E-state index >= 15 is 0 Å². The molecule has 4 heteroatoms. The molecule has 2 nitrogen and oxygen atoms in total. The minimum absolute atomic E-state index is 0.772. The molecule has 3 aromatic rings. The van der Waals surface area contributed by atoms with E-state index in [1.807, 2.05) is 36.4 Å². The zero-order valence-corrected chi connectivity index (χ0v) is 12.4. The smallest absolute Gasteiger partial charge is 0.124 e. The SMILES string of the molecule is Nc1ccc(-c2nc(-c3ccc(Br)cc3)cs2)cc1. The first-order valence-corrected chi connectivity index (χ1v) is 7.47. The zero-order chi connectivity index (χ0) is 13.2. The maximum atomic E-state index is 5.69. The topological polar surface area (TPSA) is 38.9 Å². The molecule has 0 atom stereocenters. The summed E-state index contributed by atoms with van der Waals surface area (Å²) >= 11 is 5.08. The number of hydrogen-bond acceptors (Lipinski definition) is 3. The average molecular weight is 331 g/mol. The van der Waals surface area contributed by atoms with E-state index in [0.717, 1.165) is 32.0 Å². The first-order valence-electron chi connectivity index (χ1n) is 5.80. The van der Waals surface area contributed by atoms with Gasteiger partial charge in [0.15, 0.2) is 0 Å². The molecule has 0 saturated carbocycles. The molecule has 19 heavy (non-hydrogen) atoms. The summed E-state index contributed by atoms with van der Waals surface area (Å²) in [4.78, 5) is 4.67. The molecule has 2 aromatic carbocycles. The van der Waals surface area contributed by atoms with E-state index in [9.17, 15) is 0 Å². The molecule has 0 spiro atoms. The summed E-state index contributed by atoms with van der Waals surface area (Å²) < 4.78 is 1.07. The van der Waals surface area contributed by atoms with Gasteiger partial charge < -0.3 is 5.73 Å². The van der Waals surface area contributed by atoms with Crippen molar-refractivity contribution in [3.8, 4) is 21.8 Å². The van der Waals surface area contributed by atoms with Crippen molar-refractivity contribution >= 4 is 33.0 Å². The van der Waals surface area contributed by atoms with E-state index in [1.165, 1.54) is 0 Å². The Morgan fingerprint density at radius 1 is 0.895 bits per heavy atom. The summed E-state index contributed by atoms with van der Waals surface area (Å²) in [5.41, 5.74) is 9.70. The monoisotopic (exact) mass is 330 g/mol. The first kappa shape index (κ1) is 12.4. The maximum Gasteiger partial charge on any atom is 0.124 e.